The lowest BCUT2D eigenvalue weighted by Crippen LogP contribution is -2.35. The third kappa shape index (κ3) is 4.23. The third-order valence-corrected chi connectivity index (χ3v) is 6.57. The molecule has 0 amide bonds. The standard InChI is InChI=1S/C25H23N3O4.C2H6/c29-24-20-3-1-16(11-17(20)6-10-31-24)5-7-27-8-9-28-13-22(26-23(28)14-27)18-2-4-21-19(12-18)15-32-25(21)30;1-2/h1-4,11-13H,5-10,14-15H2;1-2H3. The number of carbonyl (C=O) groups excluding carboxylic acids is 2. The van der Waals surface area contributed by atoms with Crippen LogP contribution >= 0.6 is 0 Å². The number of aromatic nitrogens is 2. The predicted octanol–water partition coefficient (Wildman–Crippen LogP) is 4.02. The summed E-state index contributed by atoms with van der Waals surface area (Å²) in [7, 11) is 0. The van der Waals surface area contributed by atoms with Gasteiger partial charge in [-0.15, -0.1) is 0 Å². The van der Waals surface area contributed by atoms with Crippen molar-refractivity contribution in [2.24, 2.45) is 0 Å². The number of cyclic esters (lactones) is 2. The van der Waals surface area contributed by atoms with Crippen molar-refractivity contribution >= 4 is 11.9 Å². The van der Waals surface area contributed by atoms with Gasteiger partial charge in [-0.1, -0.05) is 32.0 Å². The van der Waals surface area contributed by atoms with E-state index < -0.39 is 0 Å². The van der Waals surface area contributed by atoms with Crippen molar-refractivity contribution in [3.05, 3.63) is 76.2 Å². The van der Waals surface area contributed by atoms with Crippen molar-refractivity contribution in [1.29, 1.82) is 0 Å². The second-order valence-corrected chi connectivity index (χ2v) is 8.59. The SMILES string of the molecule is CC.O=C1OCCc2cc(CCN3CCn4cc(-c5ccc6c(c5)COC6=O)nc4C3)ccc21. The molecule has 0 atom stereocenters. The zero-order chi connectivity index (χ0) is 23.7. The zero-order valence-corrected chi connectivity index (χ0v) is 19.7. The molecule has 4 heterocycles. The number of rotatable bonds is 4. The van der Waals surface area contributed by atoms with Gasteiger partial charge in [0.15, 0.2) is 0 Å². The first-order valence-corrected chi connectivity index (χ1v) is 12.0. The maximum Gasteiger partial charge on any atom is 0.338 e. The average Bonchev–Trinajstić information content (AvgIpc) is 3.47. The number of carbonyl (C=O) groups is 2. The van der Waals surface area contributed by atoms with Crippen LogP contribution in [0.2, 0.25) is 0 Å². The molecule has 0 aliphatic carbocycles. The molecule has 3 aliphatic heterocycles. The number of benzene rings is 2. The van der Waals surface area contributed by atoms with E-state index in [1.165, 1.54) is 5.56 Å². The van der Waals surface area contributed by atoms with Crippen molar-refractivity contribution < 1.29 is 19.1 Å². The van der Waals surface area contributed by atoms with E-state index in [2.05, 4.69) is 21.7 Å². The summed E-state index contributed by atoms with van der Waals surface area (Å²) >= 11 is 0. The molecular formula is C27H29N3O4. The molecule has 3 aliphatic rings. The Bertz CT molecular complexity index is 1250. The Labute approximate surface area is 199 Å². The molecule has 7 nitrogen and oxygen atoms in total. The van der Waals surface area contributed by atoms with Crippen LogP contribution in [0.25, 0.3) is 11.3 Å². The number of hydrogen-bond donors (Lipinski definition) is 0. The molecule has 0 saturated heterocycles. The summed E-state index contributed by atoms with van der Waals surface area (Å²) in [6, 6.07) is 11.9. The normalized spacial score (nSPS) is 16.5. The predicted molar refractivity (Wildman–Crippen MR) is 128 cm³/mol. The molecule has 0 N–H and O–H groups in total. The minimum atomic E-state index is -0.245. The molecule has 7 heteroatoms. The molecule has 2 aromatic carbocycles. The van der Waals surface area contributed by atoms with Gasteiger partial charge in [-0.3, -0.25) is 4.90 Å². The van der Waals surface area contributed by atoms with Crippen molar-refractivity contribution in [3.8, 4) is 11.3 Å². The lowest BCUT2D eigenvalue weighted by molar-refractivity contribution is 0.0478. The van der Waals surface area contributed by atoms with E-state index >= 15 is 0 Å². The van der Waals surface area contributed by atoms with Gasteiger partial charge in [-0.05, 0) is 35.7 Å². The van der Waals surface area contributed by atoms with Crippen molar-refractivity contribution in [2.75, 3.05) is 19.7 Å². The summed E-state index contributed by atoms with van der Waals surface area (Å²) in [5.74, 6) is 0.608. The molecule has 0 saturated carbocycles. The van der Waals surface area contributed by atoms with Crippen LogP contribution in [0.1, 0.15) is 57.1 Å². The highest BCUT2D eigenvalue weighted by Gasteiger charge is 2.24. The van der Waals surface area contributed by atoms with E-state index in [9.17, 15) is 9.59 Å². The Morgan fingerprint density at radius 2 is 1.74 bits per heavy atom. The Hall–Kier alpha value is -3.45. The molecule has 6 rings (SSSR count). The van der Waals surface area contributed by atoms with Crippen LogP contribution in [0.15, 0.2) is 42.6 Å². The molecule has 1 aromatic heterocycles. The second kappa shape index (κ2) is 9.43. The molecule has 0 radical (unpaired) electrons. The summed E-state index contributed by atoms with van der Waals surface area (Å²) in [6.07, 6.45) is 3.84. The zero-order valence-electron chi connectivity index (χ0n) is 19.7. The molecular weight excluding hydrogens is 430 g/mol. The molecule has 0 bridgehead atoms. The van der Waals surface area contributed by atoms with Gasteiger partial charge in [0.1, 0.15) is 12.4 Å². The number of imidazole rings is 1. The third-order valence-electron chi connectivity index (χ3n) is 6.57. The van der Waals surface area contributed by atoms with E-state index in [1.54, 1.807) is 0 Å². The minimum Gasteiger partial charge on any atom is -0.462 e. The Morgan fingerprint density at radius 3 is 2.62 bits per heavy atom. The van der Waals surface area contributed by atoms with Gasteiger partial charge < -0.3 is 14.0 Å². The van der Waals surface area contributed by atoms with Crippen LogP contribution in [0, 0.1) is 0 Å². The van der Waals surface area contributed by atoms with Gasteiger partial charge >= 0.3 is 11.9 Å². The molecule has 0 fully saturated rings. The lowest BCUT2D eigenvalue weighted by atomic mass is 9.98. The lowest BCUT2D eigenvalue weighted by Gasteiger charge is -2.27. The maximum absolute atomic E-state index is 11.8. The smallest absolute Gasteiger partial charge is 0.338 e. The maximum atomic E-state index is 11.8. The van der Waals surface area contributed by atoms with Gasteiger partial charge in [-0.25, -0.2) is 14.6 Å². The fraction of sp³-hybridized carbons (Fsp3) is 0.370. The first-order chi connectivity index (χ1) is 16.6. The van der Waals surface area contributed by atoms with Crippen molar-refractivity contribution in [1.82, 2.24) is 14.5 Å². The summed E-state index contributed by atoms with van der Waals surface area (Å²) < 4.78 is 12.5. The second-order valence-electron chi connectivity index (χ2n) is 8.59. The Kier molecular flexibility index (Phi) is 6.20. The van der Waals surface area contributed by atoms with Gasteiger partial charge in [0.05, 0.1) is 30.0 Å². The highest BCUT2D eigenvalue weighted by molar-refractivity contribution is 5.94. The van der Waals surface area contributed by atoms with E-state index in [-0.39, 0.29) is 11.9 Å². The number of ether oxygens (including phenoxy) is 2. The number of esters is 2. The monoisotopic (exact) mass is 459 g/mol. The minimum absolute atomic E-state index is 0.209. The summed E-state index contributed by atoms with van der Waals surface area (Å²) in [5.41, 5.74) is 6.59. The average molecular weight is 460 g/mol. The van der Waals surface area contributed by atoms with E-state index in [4.69, 9.17) is 14.5 Å². The van der Waals surface area contributed by atoms with E-state index in [1.807, 2.05) is 44.2 Å². The Balaban J connectivity index is 0.00000117. The van der Waals surface area contributed by atoms with Crippen LogP contribution in [0.4, 0.5) is 0 Å². The fourth-order valence-corrected chi connectivity index (χ4v) is 4.75. The van der Waals surface area contributed by atoms with Crippen molar-refractivity contribution in [2.45, 2.75) is 46.4 Å². The molecule has 176 valence electrons. The number of nitrogens with zero attached hydrogens (tertiary/aromatic N) is 3. The quantitative estimate of drug-likeness (QED) is 0.549. The van der Waals surface area contributed by atoms with E-state index in [0.717, 1.165) is 67.2 Å². The first kappa shape index (κ1) is 22.3. The molecule has 34 heavy (non-hydrogen) atoms. The van der Waals surface area contributed by atoms with Gasteiger partial charge in [-0.2, -0.15) is 0 Å². The topological polar surface area (TPSA) is 73.7 Å². The molecule has 0 spiro atoms. The van der Waals surface area contributed by atoms with Gasteiger partial charge in [0.25, 0.3) is 0 Å². The van der Waals surface area contributed by atoms with Gasteiger partial charge in [0, 0.05) is 43.4 Å². The van der Waals surface area contributed by atoms with E-state index in [0.29, 0.717) is 24.3 Å². The summed E-state index contributed by atoms with van der Waals surface area (Å²) in [4.78, 5) is 30.8. The summed E-state index contributed by atoms with van der Waals surface area (Å²) in [5, 5.41) is 0. The number of fused-ring (bicyclic) bond motifs is 3. The van der Waals surface area contributed by atoms with Crippen LogP contribution in [-0.4, -0.2) is 46.1 Å². The highest BCUT2D eigenvalue weighted by atomic mass is 16.5. The van der Waals surface area contributed by atoms with Crippen LogP contribution in [-0.2, 0) is 42.0 Å². The van der Waals surface area contributed by atoms with Gasteiger partial charge in [0.2, 0.25) is 0 Å². The highest BCUT2D eigenvalue weighted by Crippen LogP contribution is 2.28. The first-order valence-electron chi connectivity index (χ1n) is 12.0. The van der Waals surface area contributed by atoms with Crippen LogP contribution < -0.4 is 0 Å². The molecule has 0 unspecified atom stereocenters. The van der Waals surface area contributed by atoms with Crippen molar-refractivity contribution in [3.63, 3.8) is 0 Å². The van der Waals surface area contributed by atoms with Crippen LogP contribution in [0.5, 0.6) is 0 Å². The number of hydrogen-bond acceptors (Lipinski definition) is 6. The molecule has 3 aromatic rings. The van der Waals surface area contributed by atoms with Crippen LogP contribution in [0.3, 0.4) is 0 Å². The summed E-state index contributed by atoms with van der Waals surface area (Å²) in [6.45, 7) is 8.46. The fourth-order valence-electron chi connectivity index (χ4n) is 4.75. The largest absolute Gasteiger partial charge is 0.462 e. The Morgan fingerprint density at radius 1 is 0.941 bits per heavy atom.